The van der Waals surface area contributed by atoms with Crippen LogP contribution in [0, 0.1) is 16.7 Å². The third kappa shape index (κ3) is 1.24. The Morgan fingerprint density at radius 3 is 2.14 bits per heavy atom. The van der Waals surface area contributed by atoms with Crippen LogP contribution in [0.1, 0.15) is 34.1 Å². The summed E-state index contributed by atoms with van der Waals surface area (Å²) in [5, 5.41) is 0. The van der Waals surface area contributed by atoms with Crippen LogP contribution in [0.4, 0.5) is 0 Å². The minimum atomic E-state index is 0.497. The van der Waals surface area contributed by atoms with Crippen LogP contribution in [-0.2, 0) is 0 Å². The predicted octanol–water partition coefficient (Wildman–Crippen LogP) is 1.70. The predicted molar refractivity (Wildman–Crippen MR) is 60.1 cm³/mol. The molecule has 1 unspecified atom stereocenters. The van der Waals surface area contributed by atoms with Crippen molar-refractivity contribution in [3.05, 3.63) is 0 Å². The Bertz CT molecular complexity index is 218. The van der Waals surface area contributed by atoms with Crippen molar-refractivity contribution >= 4 is 0 Å². The minimum absolute atomic E-state index is 0.497. The van der Waals surface area contributed by atoms with Gasteiger partial charge in [0.15, 0.2) is 0 Å². The number of hydrogen-bond donors (Lipinski definition) is 1. The Morgan fingerprint density at radius 1 is 1.21 bits per heavy atom. The normalized spacial score (nSPS) is 36.2. The number of hydrogen-bond acceptors (Lipinski definition) is 2. The van der Waals surface area contributed by atoms with Crippen molar-refractivity contribution < 1.29 is 0 Å². The lowest BCUT2D eigenvalue weighted by molar-refractivity contribution is 0.268. The van der Waals surface area contributed by atoms with Crippen LogP contribution >= 0.6 is 0 Å². The number of likely N-dealkylation sites (tertiary alicyclic amines) is 1. The third-order valence-corrected chi connectivity index (χ3v) is 4.96. The van der Waals surface area contributed by atoms with Gasteiger partial charge in [-0.25, -0.2) is 0 Å². The van der Waals surface area contributed by atoms with E-state index < -0.39 is 0 Å². The summed E-state index contributed by atoms with van der Waals surface area (Å²) in [7, 11) is 0. The van der Waals surface area contributed by atoms with Crippen LogP contribution in [-0.4, -0.2) is 30.6 Å². The second-order valence-electron chi connectivity index (χ2n) is 6.23. The van der Waals surface area contributed by atoms with Crippen LogP contribution in [0.15, 0.2) is 0 Å². The molecule has 14 heavy (non-hydrogen) atoms. The summed E-state index contributed by atoms with van der Waals surface area (Å²) < 4.78 is 0. The molecule has 1 atom stereocenters. The van der Waals surface area contributed by atoms with Crippen LogP contribution in [0.25, 0.3) is 0 Å². The zero-order chi connectivity index (χ0) is 10.6. The summed E-state index contributed by atoms with van der Waals surface area (Å²) in [6.07, 6.45) is 1.30. The molecule has 0 spiro atoms. The van der Waals surface area contributed by atoms with Gasteiger partial charge in [0.2, 0.25) is 0 Å². The van der Waals surface area contributed by atoms with E-state index in [2.05, 4.69) is 32.6 Å². The molecule has 0 amide bonds. The Labute approximate surface area is 87.8 Å². The lowest BCUT2D eigenvalue weighted by atomic mass is 10.0. The van der Waals surface area contributed by atoms with Gasteiger partial charge in [-0.3, -0.25) is 4.90 Å². The fourth-order valence-electron chi connectivity index (χ4n) is 3.36. The summed E-state index contributed by atoms with van der Waals surface area (Å²) in [5.41, 5.74) is 6.72. The zero-order valence-electron chi connectivity index (χ0n) is 10.0. The monoisotopic (exact) mass is 196 g/mol. The third-order valence-electron chi connectivity index (χ3n) is 4.96. The van der Waals surface area contributed by atoms with Crippen molar-refractivity contribution in [2.24, 2.45) is 22.5 Å². The van der Waals surface area contributed by atoms with Gasteiger partial charge in [0.25, 0.3) is 0 Å². The van der Waals surface area contributed by atoms with Crippen LogP contribution in [0.3, 0.4) is 0 Å². The maximum Gasteiger partial charge on any atom is 0.0209 e. The molecule has 2 rings (SSSR count). The minimum Gasteiger partial charge on any atom is -0.330 e. The maximum absolute atomic E-state index is 5.73. The molecule has 1 saturated carbocycles. The zero-order valence-corrected chi connectivity index (χ0v) is 10.0. The van der Waals surface area contributed by atoms with Crippen molar-refractivity contribution in [2.45, 2.75) is 40.2 Å². The SMILES string of the molecule is CC1(C)C(N2CCC(CN)C2)C1(C)C. The van der Waals surface area contributed by atoms with E-state index in [0.717, 1.165) is 18.5 Å². The highest BCUT2D eigenvalue weighted by atomic mass is 15.2. The van der Waals surface area contributed by atoms with E-state index in [-0.39, 0.29) is 0 Å². The lowest BCUT2D eigenvalue weighted by Crippen LogP contribution is -2.29. The van der Waals surface area contributed by atoms with Crippen molar-refractivity contribution in [2.75, 3.05) is 19.6 Å². The summed E-state index contributed by atoms with van der Waals surface area (Å²) in [6, 6.07) is 0.784. The van der Waals surface area contributed by atoms with Gasteiger partial charge >= 0.3 is 0 Å². The van der Waals surface area contributed by atoms with Crippen LogP contribution in [0.2, 0.25) is 0 Å². The quantitative estimate of drug-likeness (QED) is 0.728. The molecule has 2 fully saturated rings. The summed E-state index contributed by atoms with van der Waals surface area (Å²) in [6.45, 7) is 12.9. The molecule has 2 nitrogen and oxygen atoms in total. The highest BCUT2D eigenvalue weighted by Crippen LogP contribution is 2.65. The van der Waals surface area contributed by atoms with E-state index in [1.54, 1.807) is 0 Å². The van der Waals surface area contributed by atoms with Gasteiger partial charge in [-0.2, -0.15) is 0 Å². The average molecular weight is 196 g/mol. The molecular weight excluding hydrogens is 172 g/mol. The highest BCUT2D eigenvalue weighted by molar-refractivity contribution is 5.19. The molecule has 0 bridgehead atoms. The molecule has 0 aromatic heterocycles. The van der Waals surface area contributed by atoms with E-state index in [4.69, 9.17) is 5.73 Å². The summed E-state index contributed by atoms with van der Waals surface area (Å²) in [5.74, 6) is 0.752. The smallest absolute Gasteiger partial charge is 0.0209 e. The molecule has 1 aliphatic carbocycles. The number of nitrogens with zero attached hydrogens (tertiary/aromatic N) is 1. The molecule has 82 valence electrons. The van der Waals surface area contributed by atoms with Gasteiger partial charge in [-0.1, -0.05) is 27.7 Å². The lowest BCUT2D eigenvalue weighted by Gasteiger charge is -2.18. The first-order valence-corrected chi connectivity index (χ1v) is 5.85. The summed E-state index contributed by atoms with van der Waals surface area (Å²) in [4.78, 5) is 2.66. The van der Waals surface area contributed by atoms with Crippen LogP contribution in [0.5, 0.6) is 0 Å². The molecule has 0 aromatic carbocycles. The molecule has 2 N–H and O–H groups in total. The molecule has 2 aliphatic rings. The molecule has 1 aliphatic heterocycles. The van der Waals surface area contributed by atoms with Gasteiger partial charge in [-0.15, -0.1) is 0 Å². The van der Waals surface area contributed by atoms with Crippen molar-refractivity contribution in [3.8, 4) is 0 Å². The molecule has 0 aromatic rings. The molecule has 2 heteroatoms. The highest BCUT2D eigenvalue weighted by Gasteiger charge is 2.67. The van der Waals surface area contributed by atoms with Gasteiger partial charge in [0, 0.05) is 12.6 Å². The second kappa shape index (κ2) is 2.96. The van der Waals surface area contributed by atoms with E-state index in [1.165, 1.54) is 19.5 Å². The van der Waals surface area contributed by atoms with Crippen molar-refractivity contribution in [3.63, 3.8) is 0 Å². The van der Waals surface area contributed by atoms with Crippen LogP contribution < -0.4 is 5.73 Å². The fourth-order valence-corrected chi connectivity index (χ4v) is 3.36. The van der Waals surface area contributed by atoms with Crippen molar-refractivity contribution in [1.29, 1.82) is 0 Å². The molecular formula is C12H24N2. The van der Waals surface area contributed by atoms with Gasteiger partial charge in [0.1, 0.15) is 0 Å². The molecule has 1 heterocycles. The second-order valence-corrected chi connectivity index (χ2v) is 6.23. The Kier molecular flexibility index (Phi) is 2.20. The van der Waals surface area contributed by atoms with E-state index in [1.807, 2.05) is 0 Å². The van der Waals surface area contributed by atoms with Crippen molar-refractivity contribution in [1.82, 2.24) is 4.90 Å². The largest absolute Gasteiger partial charge is 0.330 e. The van der Waals surface area contributed by atoms with E-state index >= 15 is 0 Å². The first-order chi connectivity index (χ1) is 6.41. The summed E-state index contributed by atoms with van der Waals surface area (Å²) >= 11 is 0. The average Bonchev–Trinajstić information content (AvgIpc) is 2.51. The Hall–Kier alpha value is -0.0800. The topological polar surface area (TPSA) is 29.3 Å². The van der Waals surface area contributed by atoms with Gasteiger partial charge < -0.3 is 5.73 Å². The van der Waals surface area contributed by atoms with E-state index in [0.29, 0.717) is 10.8 Å². The van der Waals surface area contributed by atoms with Gasteiger partial charge in [0.05, 0.1) is 0 Å². The molecule has 1 saturated heterocycles. The Balaban J connectivity index is 2.00. The number of rotatable bonds is 2. The van der Waals surface area contributed by atoms with E-state index in [9.17, 15) is 0 Å². The standard InChI is InChI=1S/C12H24N2/c1-11(2)10(12(11,3)4)14-6-5-9(7-13)8-14/h9-10H,5-8,13H2,1-4H3. The Morgan fingerprint density at radius 2 is 1.79 bits per heavy atom. The van der Waals surface area contributed by atoms with Gasteiger partial charge in [-0.05, 0) is 36.3 Å². The maximum atomic E-state index is 5.73. The first kappa shape index (κ1) is 10.4. The first-order valence-electron chi connectivity index (χ1n) is 5.85. The fraction of sp³-hybridized carbons (Fsp3) is 1.00. The molecule has 0 radical (unpaired) electrons. The number of nitrogens with two attached hydrogens (primary N) is 1.